The van der Waals surface area contributed by atoms with Gasteiger partial charge in [-0.1, -0.05) is 27.7 Å². The van der Waals surface area contributed by atoms with Gasteiger partial charge in [0, 0.05) is 23.1 Å². The highest BCUT2D eigenvalue weighted by Gasteiger charge is 2.54. The number of sulfonamides is 1. The monoisotopic (exact) mass is 550 g/mol. The maximum absolute atomic E-state index is 13.1. The predicted octanol–water partition coefficient (Wildman–Crippen LogP) is 5.60. The zero-order valence-corrected chi connectivity index (χ0v) is 23.3. The number of carbonyl (C=O) groups is 1. The van der Waals surface area contributed by atoms with E-state index in [0.29, 0.717) is 63.5 Å². The van der Waals surface area contributed by atoms with E-state index in [1.807, 2.05) is 0 Å². The Labute approximate surface area is 213 Å². The van der Waals surface area contributed by atoms with Gasteiger partial charge in [-0.25, -0.2) is 13.1 Å². The van der Waals surface area contributed by atoms with Crippen LogP contribution in [0.4, 0.5) is 0 Å². The molecule has 5 nitrogen and oxygen atoms in total. The number of benzene rings is 1. The van der Waals surface area contributed by atoms with Crippen LogP contribution in [-0.4, -0.2) is 27.4 Å². The Bertz CT molecular complexity index is 1070. The molecular weight excluding hydrogens is 512 g/mol. The molecule has 1 aromatic carbocycles. The van der Waals surface area contributed by atoms with E-state index in [9.17, 15) is 13.2 Å². The first-order chi connectivity index (χ1) is 15.9. The van der Waals surface area contributed by atoms with Gasteiger partial charge in [-0.3, -0.25) is 4.79 Å². The first kappa shape index (κ1) is 24.8. The van der Waals surface area contributed by atoms with E-state index >= 15 is 0 Å². The number of nitrogens with one attached hydrogen (secondary N) is 2. The molecule has 6 saturated carbocycles. The molecule has 5 atom stereocenters. The van der Waals surface area contributed by atoms with E-state index in [4.69, 9.17) is 0 Å². The van der Waals surface area contributed by atoms with Crippen LogP contribution >= 0.6 is 15.9 Å². The molecule has 7 heteroatoms. The molecule has 7 rings (SSSR count). The Kier molecular flexibility index (Phi) is 6.25. The van der Waals surface area contributed by atoms with E-state index in [1.54, 1.807) is 12.1 Å². The van der Waals surface area contributed by atoms with E-state index in [1.165, 1.54) is 31.7 Å². The van der Waals surface area contributed by atoms with Crippen LogP contribution in [0.2, 0.25) is 0 Å². The van der Waals surface area contributed by atoms with E-state index in [0.717, 1.165) is 18.8 Å². The predicted molar refractivity (Wildman–Crippen MR) is 138 cm³/mol. The number of hydrogen-bond acceptors (Lipinski definition) is 3. The van der Waals surface area contributed by atoms with Crippen LogP contribution in [0.15, 0.2) is 27.6 Å². The minimum atomic E-state index is -3.71. The largest absolute Gasteiger partial charge is 0.352 e. The van der Waals surface area contributed by atoms with E-state index in [2.05, 4.69) is 53.7 Å². The first-order valence-electron chi connectivity index (χ1n) is 13.0. The minimum absolute atomic E-state index is 0.141. The average Bonchev–Trinajstić information content (AvgIpc) is 2.81. The van der Waals surface area contributed by atoms with Crippen LogP contribution in [0.3, 0.4) is 0 Å². The average molecular weight is 552 g/mol. The standard InChI is InChI=1S/C27H39BrN2O3S/c1-26(2)20-9-16(10-21(26)12-20)14-30-34(32,33)24-11-17(6-8-23(24)28)25(31)29-15-18-5-7-19-13-22(18)27(19,3)4/h6,8,11,16,18-22,30H,5,7,9-10,12-15H2,1-4H3,(H,29,31). The number of rotatable bonds is 7. The van der Waals surface area contributed by atoms with Gasteiger partial charge in [0.25, 0.3) is 5.91 Å². The summed E-state index contributed by atoms with van der Waals surface area (Å²) >= 11 is 3.39. The summed E-state index contributed by atoms with van der Waals surface area (Å²) in [5, 5.41) is 3.09. The molecule has 1 aromatic rings. The number of hydrogen-bond donors (Lipinski definition) is 2. The number of carbonyl (C=O) groups excluding carboxylic acids is 1. The van der Waals surface area contributed by atoms with E-state index in [-0.39, 0.29) is 10.8 Å². The second kappa shape index (κ2) is 8.58. The lowest BCUT2D eigenvalue weighted by Gasteiger charge is -2.60. The maximum atomic E-state index is 13.1. The van der Waals surface area contributed by atoms with Crippen LogP contribution in [-0.2, 0) is 10.0 Å². The molecule has 0 aliphatic heterocycles. The maximum Gasteiger partial charge on any atom is 0.251 e. The fraction of sp³-hybridized carbons (Fsp3) is 0.741. The van der Waals surface area contributed by atoms with E-state index < -0.39 is 10.0 Å². The van der Waals surface area contributed by atoms with Crippen molar-refractivity contribution in [1.82, 2.24) is 10.0 Å². The highest BCUT2D eigenvalue weighted by molar-refractivity contribution is 9.10. The van der Waals surface area contributed by atoms with Gasteiger partial charge in [-0.2, -0.15) is 0 Å². The summed E-state index contributed by atoms with van der Waals surface area (Å²) < 4.78 is 29.6. The molecule has 6 aliphatic rings. The Morgan fingerprint density at radius 2 is 1.68 bits per heavy atom. The molecule has 6 fully saturated rings. The molecule has 188 valence electrons. The SMILES string of the molecule is CC1(C)C2CC(CNS(=O)(=O)c3cc(C(=O)NCC4CCC5CC4C5(C)C)ccc3Br)CC1C2. The van der Waals surface area contributed by atoms with Gasteiger partial charge in [-0.05, 0) is 119 Å². The third-order valence-corrected chi connectivity index (χ3v) is 12.9. The highest BCUT2D eigenvalue weighted by atomic mass is 79.9. The van der Waals surface area contributed by atoms with Crippen LogP contribution in [0.5, 0.6) is 0 Å². The summed E-state index contributed by atoms with van der Waals surface area (Å²) in [6.45, 7) is 10.5. The number of amides is 1. The number of fused-ring (bicyclic) bond motifs is 4. The number of halogens is 1. The normalized spacial score (nSPS) is 35.1. The lowest BCUT2D eigenvalue weighted by molar-refractivity contribution is -0.103. The van der Waals surface area contributed by atoms with Crippen molar-refractivity contribution in [2.75, 3.05) is 13.1 Å². The smallest absolute Gasteiger partial charge is 0.251 e. The summed E-state index contributed by atoms with van der Waals surface area (Å²) in [7, 11) is -3.71. The van der Waals surface area contributed by atoms with Crippen LogP contribution in [0.25, 0.3) is 0 Å². The fourth-order valence-electron chi connectivity index (χ4n) is 7.68. The topological polar surface area (TPSA) is 75.3 Å². The molecule has 2 N–H and O–H groups in total. The summed E-state index contributed by atoms with van der Waals surface area (Å²) in [6, 6.07) is 4.87. The third-order valence-electron chi connectivity index (χ3n) is 10.5. The quantitative estimate of drug-likeness (QED) is 0.463. The lowest BCUT2D eigenvalue weighted by Crippen LogP contribution is -2.54. The van der Waals surface area contributed by atoms with Gasteiger partial charge in [0.15, 0.2) is 0 Å². The molecule has 0 aromatic heterocycles. The Balaban J connectivity index is 1.20. The van der Waals surface area contributed by atoms with Gasteiger partial charge < -0.3 is 5.32 Å². The Hall–Kier alpha value is -0.920. The molecule has 4 bridgehead atoms. The molecule has 6 aliphatic carbocycles. The second-order valence-corrected chi connectivity index (χ2v) is 15.3. The van der Waals surface area contributed by atoms with Crippen molar-refractivity contribution in [3.8, 4) is 0 Å². The second-order valence-electron chi connectivity index (χ2n) is 12.7. The van der Waals surface area contributed by atoms with Crippen molar-refractivity contribution in [2.45, 2.75) is 71.1 Å². The Morgan fingerprint density at radius 1 is 0.971 bits per heavy atom. The van der Waals surface area contributed by atoms with Gasteiger partial charge in [0.05, 0.1) is 4.90 Å². The first-order valence-corrected chi connectivity index (χ1v) is 15.2. The molecule has 0 spiro atoms. The van der Waals surface area contributed by atoms with Gasteiger partial charge in [0.2, 0.25) is 10.0 Å². The van der Waals surface area contributed by atoms with Gasteiger partial charge in [0.1, 0.15) is 0 Å². The summed E-state index contributed by atoms with van der Waals surface area (Å²) in [5.74, 6) is 3.63. The van der Waals surface area contributed by atoms with Crippen molar-refractivity contribution in [3.63, 3.8) is 0 Å². The Morgan fingerprint density at radius 3 is 2.29 bits per heavy atom. The molecule has 1 amide bonds. The summed E-state index contributed by atoms with van der Waals surface area (Å²) in [5.41, 5.74) is 1.19. The van der Waals surface area contributed by atoms with Crippen molar-refractivity contribution < 1.29 is 13.2 Å². The van der Waals surface area contributed by atoms with Crippen LogP contribution in [0.1, 0.15) is 76.6 Å². The van der Waals surface area contributed by atoms with Crippen molar-refractivity contribution >= 4 is 31.9 Å². The summed E-state index contributed by atoms with van der Waals surface area (Å²) in [4.78, 5) is 13.1. The van der Waals surface area contributed by atoms with Crippen molar-refractivity contribution in [3.05, 3.63) is 28.2 Å². The molecule has 34 heavy (non-hydrogen) atoms. The molecular formula is C27H39BrN2O3S. The molecule has 5 unspecified atom stereocenters. The molecule has 0 heterocycles. The zero-order chi connectivity index (χ0) is 24.5. The van der Waals surface area contributed by atoms with Gasteiger partial charge >= 0.3 is 0 Å². The minimum Gasteiger partial charge on any atom is -0.352 e. The molecule has 0 radical (unpaired) electrons. The van der Waals surface area contributed by atoms with Crippen LogP contribution < -0.4 is 10.0 Å². The van der Waals surface area contributed by atoms with Gasteiger partial charge in [-0.15, -0.1) is 0 Å². The lowest BCUT2D eigenvalue weighted by atomic mass is 9.45. The van der Waals surface area contributed by atoms with Crippen molar-refractivity contribution in [1.29, 1.82) is 0 Å². The fourth-order valence-corrected chi connectivity index (χ4v) is 9.78. The zero-order valence-electron chi connectivity index (χ0n) is 20.9. The van der Waals surface area contributed by atoms with Crippen LogP contribution in [0, 0.1) is 46.3 Å². The highest BCUT2D eigenvalue weighted by Crippen LogP contribution is 2.61. The third kappa shape index (κ3) is 4.17. The summed E-state index contributed by atoms with van der Waals surface area (Å²) in [6.07, 6.45) is 7.17. The molecule has 0 saturated heterocycles. The van der Waals surface area contributed by atoms with Crippen molar-refractivity contribution in [2.24, 2.45) is 46.3 Å².